The van der Waals surface area contributed by atoms with E-state index in [0.717, 1.165) is 0 Å². The van der Waals surface area contributed by atoms with E-state index in [9.17, 15) is 33.5 Å². The van der Waals surface area contributed by atoms with Crippen molar-refractivity contribution in [2.75, 3.05) is 6.61 Å². The first-order chi connectivity index (χ1) is 6.51. The topological polar surface area (TPSA) is 185 Å². The zero-order chi connectivity index (χ0) is 12.3. The molecule has 90 valence electrons. The van der Waals surface area contributed by atoms with Crippen LogP contribution < -0.4 is 19.6 Å². The van der Waals surface area contributed by atoms with Gasteiger partial charge in [0.05, 0.1) is 7.82 Å². The molecule has 0 aliphatic heterocycles. The van der Waals surface area contributed by atoms with Gasteiger partial charge in [-0.2, -0.15) is 0 Å². The summed E-state index contributed by atoms with van der Waals surface area (Å²) in [7, 11) is -11.0. The lowest BCUT2D eigenvalue weighted by Crippen LogP contribution is -2.32. The van der Waals surface area contributed by atoms with Crippen LogP contribution in [0.1, 0.15) is 0 Å². The molecule has 2 N–H and O–H groups in total. The molecule has 15 heavy (non-hydrogen) atoms. The molecule has 0 bridgehead atoms. The van der Waals surface area contributed by atoms with E-state index in [1.807, 2.05) is 0 Å². The van der Waals surface area contributed by atoms with Gasteiger partial charge in [-0.25, -0.2) is 4.79 Å². The van der Waals surface area contributed by atoms with Gasteiger partial charge in [0.25, 0.3) is 6.10 Å². The van der Waals surface area contributed by atoms with Gasteiger partial charge in [0.2, 0.25) is 0 Å². The van der Waals surface area contributed by atoms with Gasteiger partial charge in [-0.1, -0.05) is 0 Å². The quantitative estimate of drug-likeness (QED) is 0.346. The Morgan fingerprint density at radius 1 is 1.20 bits per heavy atom. The van der Waals surface area contributed by atoms with Crippen molar-refractivity contribution in [2.24, 2.45) is 0 Å². The van der Waals surface area contributed by atoms with Gasteiger partial charge in [-0.05, 0) is 0 Å². The Morgan fingerprint density at radius 2 is 1.67 bits per heavy atom. The molecule has 0 aromatic heterocycles. The Bertz CT molecular complexity index is 311. The van der Waals surface area contributed by atoms with Crippen molar-refractivity contribution < 1.29 is 47.7 Å². The summed E-state index contributed by atoms with van der Waals surface area (Å²) in [5.74, 6) is -1.82. The average molecular weight is 263 g/mol. The lowest BCUT2D eigenvalue weighted by Gasteiger charge is -2.30. The van der Waals surface area contributed by atoms with Crippen LogP contribution in [0.25, 0.3) is 0 Å². The Kier molecular flexibility index (Phi) is 5.04. The molecule has 0 saturated carbocycles. The predicted molar refractivity (Wildman–Crippen MR) is 34.7 cm³/mol. The molecule has 0 aromatic carbocycles. The molecule has 0 amide bonds. The van der Waals surface area contributed by atoms with Crippen LogP contribution >= 0.6 is 15.6 Å². The lowest BCUT2D eigenvalue weighted by molar-refractivity contribution is -0.342. The summed E-state index contributed by atoms with van der Waals surface area (Å²) in [6.07, 6.45) is -2.11. The minimum Gasteiger partial charge on any atom is -0.790 e. The third kappa shape index (κ3) is 8.67. The summed E-state index contributed by atoms with van der Waals surface area (Å²) < 4.78 is 26.5. The molecule has 0 saturated heterocycles. The Hall–Kier alpha value is -0.310. The van der Waals surface area contributed by atoms with Gasteiger partial charge in [0.15, 0.2) is 0 Å². The van der Waals surface area contributed by atoms with E-state index in [4.69, 9.17) is 5.11 Å². The maximum absolute atomic E-state index is 10.5. The fourth-order valence-corrected chi connectivity index (χ4v) is 1.09. The first-order valence-corrected chi connectivity index (χ1v) is 6.06. The van der Waals surface area contributed by atoms with Gasteiger partial charge >= 0.3 is 5.97 Å². The zero-order valence-corrected chi connectivity index (χ0v) is 8.64. The molecule has 0 aliphatic carbocycles. The second-order valence-corrected chi connectivity index (χ2v) is 4.38. The summed E-state index contributed by atoms with van der Waals surface area (Å²) in [4.78, 5) is 50.0. The molecule has 0 aliphatic rings. The van der Waals surface area contributed by atoms with Crippen molar-refractivity contribution in [1.82, 2.24) is 0 Å². The number of rotatable bonds is 5. The fourth-order valence-electron chi connectivity index (χ4n) is 0.408. The van der Waals surface area contributed by atoms with Crippen LogP contribution in [0.3, 0.4) is 0 Å². The molecule has 0 rings (SSSR count). The minimum absolute atomic E-state index is 1.22. The maximum Gasteiger partial charge on any atom is 0.392 e. The third-order valence-corrected chi connectivity index (χ3v) is 1.75. The number of carbonyl (C=O) groups is 1. The van der Waals surface area contributed by atoms with Gasteiger partial charge in [0, 0.05) is 0 Å². The highest BCUT2D eigenvalue weighted by Crippen LogP contribution is 2.27. The molecule has 0 fully saturated rings. The van der Waals surface area contributed by atoms with E-state index < -0.39 is 34.3 Å². The highest BCUT2D eigenvalue weighted by atomic mass is 31.2. The molecule has 10 nitrogen and oxygen atoms in total. The summed E-state index contributed by atoms with van der Waals surface area (Å²) >= 11 is 0. The third-order valence-electron chi connectivity index (χ3n) is 0.886. The number of phosphoric acid groups is 2. The number of hydrogen-bond acceptors (Lipinski definition) is 9. The van der Waals surface area contributed by atoms with Crippen LogP contribution in [-0.4, -0.2) is 23.8 Å². The second-order valence-electron chi connectivity index (χ2n) is 2.15. The van der Waals surface area contributed by atoms with Gasteiger partial charge in [0.1, 0.15) is 14.4 Å². The summed E-state index contributed by atoms with van der Waals surface area (Å²) in [5.41, 5.74) is 0. The summed E-state index contributed by atoms with van der Waals surface area (Å²) in [5, 5.41) is 6.74. The van der Waals surface area contributed by atoms with Crippen molar-refractivity contribution >= 4 is 21.6 Å². The SMILES string of the molecule is O=C(OP(=O)([O-])[O-])[C@H]([OH2+])COP(=O)([O-])[O-]. The van der Waals surface area contributed by atoms with E-state index in [-0.39, 0.29) is 0 Å². The van der Waals surface area contributed by atoms with E-state index in [0.29, 0.717) is 0 Å². The molecule has 0 radical (unpaired) electrons. The molecular formula is C3H5O10P2-3. The van der Waals surface area contributed by atoms with E-state index >= 15 is 0 Å². The Balaban J connectivity index is 4.12. The molecule has 0 aromatic rings. The Morgan fingerprint density at radius 3 is 2.00 bits per heavy atom. The fraction of sp³-hybridized carbons (Fsp3) is 0.667. The highest BCUT2D eigenvalue weighted by molar-refractivity contribution is 7.43. The number of phosphoric ester groups is 2. The highest BCUT2D eigenvalue weighted by Gasteiger charge is 2.23. The van der Waals surface area contributed by atoms with Crippen molar-refractivity contribution in [3.63, 3.8) is 0 Å². The van der Waals surface area contributed by atoms with Crippen molar-refractivity contribution in [3.8, 4) is 0 Å². The van der Waals surface area contributed by atoms with Crippen LogP contribution in [0.5, 0.6) is 0 Å². The maximum atomic E-state index is 10.5. The number of carbonyl (C=O) groups excluding carboxylic acids is 1. The normalized spacial score (nSPS) is 14.7. The standard InChI is InChI=1S/C3H8O10P2/c4-2(1-12-14(6,7)8)3(5)13-15(9,10)11/h2,4H,1H2,(H2,6,7,8)(H2,9,10,11)/p-3/t2-/m1/s1. The van der Waals surface area contributed by atoms with Crippen LogP contribution in [0, 0.1) is 0 Å². The smallest absolute Gasteiger partial charge is 0.392 e. The first-order valence-electron chi connectivity index (χ1n) is 3.14. The summed E-state index contributed by atoms with van der Waals surface area (Å²) in [6.45, 7) is -1.22. The molecule has 0 unspecified atom stereocenters. The van der Waals surface area contributed by atoms with E-state index in [1.54, 1.807) is 0 Å². The lowest BCUT2D eigenvalue weighted by atomic mass is 10.4. The minimum atomic E-state index is -5.59. The molecule has 0 spiro atoms. The van der Waals surface area contributed by atoms with Gasteiger partial charge < -0.3 is 42.9 Å². The average Bonchev–Trinajstić information content (AvgIpc) is 1.95. The number of hydrogen-bond donors (Lipinski definition) is 0. The predicted octanol–water partition coefficient (Wildman–Crippen LogP) is -4.70. The molecule has 12 heteroatoms. The van der Waals surface area contributed by atoms with Crippen LogP contribution in [0.4, 0.5) is 0 Å². The van der Waals surface area contributed by atoms with Crippen LogP contribution in [0.15, 0.2) is 0 Å². The summed E-state index contributed by atoms with van der Waals surface area (Å²) in [6, 6.07) is 0. The molecule has 1 atom stereocenters. The largest absolute Gasteiger partial charge is 0.790 e. The van der Waals surface area contributed by atoms with Crippen molar-refractivity contribution in [1.29, 1.82) is 0 Å². The van der Waals surface area contributed by atoms with Crippen molar-refractivity contribution in [2.45, 2.75) is 6.10 Å². The first kappa shape index (κ1) is 14.7. The van der Waals surface area contributed by atoms with Crippen LogP contribution in [0.2, 0.25) is 0 Å². The van der Waals surface area contributed by atoms with E-state index in [2.05, 4.69) is 9.05 Å². The van der Waals surface area contributed by atoms with Crippen molar-refractivity contribution in [3.05, 3.63) is 0 Å². The van der Waals surface area contributed by atoms with Gasteiger partial charge in [-0.15, -0.1) is 0 Å². The van der Waals surface area contributed by atoms with E-state index in [1.165, 1.54) is 0 Å². The van der Waals surface area contributed by atoms with Gasteiger partial charge in [-0.3, -0.25) is 0 Å². The monoisotopic (exact) mass is 263 g/mol. The molecule has 0 heterocycles. The zero-order valence-electron chi connectivity index (χ0n) is 6.85. The molecular weight excluding hydrogens is 258 g/mol. The Labute approximate surface area is 82.9 Å². The second kappa shape index (κ2) is 5.15. The van der Waals surface area contributed by atoms with Crippen LogP contribution in [-0.2, 0) is 23.0 Å².